The Kier molecular flexibility index (Phi) is 5.15. The Bertz CT molecular complexity index is 744. The molecule has 2 aromatic rings. The predicted octanol–water partition coefficient (Wildman–Crippen LogP) is 3.26. The highest BCUT2D eigenvalue weighted by Crippen LogP contribution is 2.20. The molecule has 104 valence electrons. The average Bonchev–Trinajstić information content (AvgIpc) is 2.52. The molecule has 0 N–H and O–H groups in total. The van der Waals surface area contributed by atoms with Gasteiger partial charge in [0.25, 0.3) is 0 Å². The van der Waals surface area contributed by atoms with E-state index in [-0.39, 0.29) is 12.5 Å². The highest BCUT2D eigenvalue weighted by molar-refractivity contribution is 6.19. The van der Waals surface area contributed by atoms with E-state index in [2.05, 4.69) is 16.8 Å². The first kappa shape index (κ1) is 14.8. The van der Waals surface area contributed by atoms with E-state index in [0.29, 0.717) is 22.6 Å². The van der Waals surface area contributed by atoms with Crippen LogP contribution in [0.3, 0.4) is 0 Å². The third kappa shape index (κ3) is 3.95. The van der Waals surface area contributed by atoms with Gasteiger partial charge in [-0.15, -0.1) is 11.6 Å². The topological polar surface area (TPSA) is 45.9 Å². The Hall–Kier alpha value is -2.56. The van der Waals surface area contributed by atoms with Crippen molar-refractivity contribution in [3.05, 3.63) is 59.2 Å². The van der Waals surface area contributed by atoms with Gasteiger partial charge >= 0.3 is 0 Å². The molecule has 0 aliphatic rings. The molecule has 0 spiro atoms. The summed E-state index contributed by atoms with van der Waals surface area (Å²) in [4.78, 5) is 3.95. The molecule has 0 saturated carbocycles. The zero-order valence-corrected chi connectivity index (χ0v) is 11.7. The molecule has 3 nitrogen and oxygen atoms in total. The quantitative estimate of drug-likeness (QED) is 0.645. The molecule has 0 aliphatic carbocycles. The first-order chi connectivity index (χ1) is 10.2. The first-order valence-electron chi connectivity index (χ1n) is 6.05. The highest BCUT2D eigenvalue weighted by atomic mass is 35.5. The fourth-order valence-corrected chi connectivity index (χ4v) is 1.73. The van der Waals surface area contributed by atoms with Crippen LogP contribution in [0, 0.1) is 29.0 Å². The van der Waals surface area contributed by atoms with Gasteiger partial charge in [-0.2, -0.15) is 5.26 Å². The van der Waals surface area contributed by atoms with Crippen molar-refractivity contribution >= 4 is 11.6 Å². The van der Waals surface area contributed by atoms with E-state index in [1.165, 1.54) is 24.4 Å². The molecule has 0 aliphatic heterocycles. The fourth-order valence-electron chi connectivity index (χ4n) is 1.67. The second-order valence-corrected chi connectivity index (χ2v) is 4.25. The van der Waals surface area contributed by atoms with E-state index in [1.807, 2.05) is 6.07 Å². The van der Waals surface area contributed by atoms with Crippen LogP contribution in [0.15, 0.2) is 36.5 Å². The van der Waals surface area contributed by atoms with Crippen molar-refractivity contribution in [2.75, 3.05) is 5.88 Å². The standard InChI is InChI=1S/C16H10ClFN2O/c17-7-1-3-12-9-14(18)5-6-16(12)21-11-13-4-2-8-20-15(13)10-19/h2,4-6,8-9H,7,11H2. The van der Waals surface area contributed by atoms with Gasteiger partial charge in [-0.05, 0) is 24.3 Å². The molecular weight excluding hydrogens is 291 g/mol. The predicted molar refractivity (Wildman–Crippen MR) is 77.3 cm³/mol. The molecule has 1 heterocycles. The summed E-state index contributed by atoms with van der Waals surface area (Å²) in [6.45, 7) is 0.151. The summed E-state index contributed by atoms with van der Waals surface area (Å²) in [5.41, 5.74) is 1.37. The lowest BCUT2D eigenvalue weighted by molar-refractivity contribution is 0.304. The van der Waals surface area contributed by atoms with Crippen molar-refractivity contribution < 1.29 is 9.13 Å². The number of aromatic nitrogens is 1. The molecule has 21 heavy (non-hydrogen) atoms. The van der Waals surface area contributed by atoms with Crippen molar-refractivity contribution in [3.8, 4) is 23.7 Å². The van der Waals surface area contributed by atoms with Gasteiger partial charge in [-0.3, -0.25) is 0 Å². The summed E-state index contributed by atoms with van der Waals surface area (Å²) in [6.07, 6.45) is 1.54. The maximum atomic E-state index is 13.2. The zero-order valence-electron chi connectivity index (χ0n) is 10.9. The second-order valence-electron chi connectivity index (χ2n) is 3.99. The number of nitriles is 1. The van der Waals surface area contributed by atoms with Gasteiger partial charge in [0, 0.05) is 11.8 Å². The Balaban J connectivity index is 2.22. The summed E-state index contributed by atoms with van der Waals surface area (Å²) in [5.74, 6) is 5.58. The van der Waals surface area contributed by atoms with Crippen LogP contribution in [-0.2, 0) is 6.61 Å². The van der Waals surface area contributed by atoms with Crippen molar-refractivity contribution in [1.82, 2.24) is 4.98 Å². The van der Waals surface area contributed by atoms with Crippen molar-refractivity contribution in [2.45, 2.75) is 6.61 Å². The van der Waals surface area contributed by atoms with Crippen LogP contribution in [0.2, 0.25) is 0 Å². The van der Waals surface area contributed by atoms with Crippen LogP contribution in [0.4, 0.5) is 4.39 Å². The molecule has 0 fully saturated rings. The molecule has 0 bridgehead atoms. The Morgan fingerprint density at radius 2 is 2.19 bits per heavy atom. The number of pyridine rings is 1. The van der Waals surface area contributed by atoms with Gasteiger partial charge in [0.1, 0.15) is 29.9 Å². The van der Waals surface area contributed by atoms with E-state index in [0.717, 1.165) is 0 Å². The molecule has 0 radical (unpaired) electrons. The van der Waals surface area contributed by atoms with Crippen molar-refractivity contribution in [1.29, 1.82) is 5.26 Å². The molecule has 1 aromatic heterocycles. The van der Waals surface area contributed by atoms with Crippen LogP contribution in [-0.4, -0.2) is 10.9 Å². The molecule has 0 saturated heterocycles. The molecule has 2 rings (SSSR count). The Morgan fingerprint density at radius 3 is 2.95 bits per heavy atom. The van der Waals surface area contributed by atoms with Gasteiger partial charge in [-0.25, -0.2) is 9.37 Å². The zero-order chi connectivity index (χ0) is 15.1. The number of rotatable bonds is 3. The largest absolute Gasteiger partial charge is 0.487 e. The third-order valence-corrected chi connectivity index (χ3v) is 2.75. The lowest BCUT2D eigenvalue weighted by atomic mass is 10.2. The summed E-state index contributed by atoms with van der Waals surface area (Å²) in [5, 5.41) is 8.97. The lowest BCUT2D eigenvalue weighted by Crippen LogP contribution is -2.01. The summed E-state index contributed by atoms with van der Waals surface area (Å²) >= 11 is 5.50. The number of nitrogens with zero attached hydrogens (tertiary/aromatic N) is 2. The molecule has 1 aromatic carbocycles. The van der Waals surface area contributed by atoms with Crippen molar-refractivity contribution in [2.24, 2.45) is 0 Å². The van der Waals surface area contributed by atoms with E-state index in [1.54, 1.807) is 12.1 Å². The normalized spacial score (nSPS) is 9.38. The molecular formula is C16H10ClFN2O. The lowest BCUT2D eigenvalue weighted by Gasteiger charge is -2.09. The summed E-state index contributed by atoms with van der Waals surface area (Å²) < 4.78 is 18.9. The monoisotopic (exact) mass is 300 g/mol. The number of hydrogen-bond donors (Lipinski definition) is 0. The van der Waals surface area contributed by atoms with Gasteiger partial charge in [-0.1, -0.05) is 17.9 Å². The summed E-state index contributed by atoms with van der Waals surface area (Å²) in [7, 11) is 0. The maximum absolute atomic E-state index is 13.2. The van der Waals surface area contributed by atoms with Crippen LogP contribution < -0.4 is 4.74 Å². The molecule has 0 amide bonds. The van der Waals surface area contributed by atoms with Gasteiger partial charge in [0.2, 0.25) is 0 Å². The van der Waals surface area contributed by atoms with Crippen molar-refractivity contribution in [3.63, 3.8) is 0 Å². The summed E-state index contributed by atoms with van der Waals surface area (Å²) in [6, 6.07) is 9.53. The third-order valence-electron chi connectivity index (χ3n) is 2.61. The second kappa shape index (κ2) is 7.28. The number of halogens is 2. The van der Waals surface area contributed by atoms with Crippen LogP contribution in [0.1, 0.15) is 16.8 Å². The van der Waals surface area contributed by atoms with E-state index >= 15 is 0 Å². The van der Waals surface area contributed by atoms with Crippen LogP contribution >= 0.6 is 11.6 Å². The Morgan fingerprint density at radius 1 is 1.33 bits per heavy atom. The van der Waals surface area contributed by atoms with Crippen LogP contribution in [0.25, 0.3) is 0 Å². The van der Waals surface area contributed by atoms with Gasteiger partial charge in [0.15, 0.2) is 0 Å². The molecule has 5 heteroatoms. The molecule has 0 unspecified atom stereocenters. The number of benzene rings is 1. The van der Waals surface area contributed by atoms with Gasteiger partial charge < -0.3 is 4.74 Å². The average molecular weight is 301 g/mol. The minimum Gasteiger partial charge on any atom is -0.487 e. The molecule has 0 atom stereocenters. The fraction of sp³-hybridized carbons (Fsp3) is 0.125. The van der Waals surface area contributed by atoms with Crippen LogP contribution in [0.5, 0.6) is 5.75 Å². The SMILES string of the molecule is N#Cc1ncccc1COc1ccc(F)cc1C#CCCl. The minimum atomic E-state index is -0.402. The van der Waals surface area contributed by atoms with E-state index < -0.39 is 5.82 Å². The van der Waals surface area contributed by atoms with E-state index in [4.69, 9.17) is 21.6 Å². The minimum absolute atomic E-state index is 0.150. The maximum Gasteiger partial charge on any atom is 0.147 e. The first-order valence-corrected chi connectivity index (χ1v) is 6.59. The Labute approximate surface area is 127 Å². The number of alkyl halides is 1. The van der Waals surface area contributed by atoms with Gasteiger partial charge in [0.05, 0.1) is 11.4 Å². The highest BCUT2D eigenvalue weighted by Gasteiger charge is 2.07. The van der Waals surface area contributed by atoms with E-state index in [9.17, 15) is 4.39 Å². The number of hydrogen-bond acceptors (Lipinski definition) is 3. The smallest absolute Gasteiger partial charge is 0.147 e. The number of ether oxygens (including phenoxy) is 1.